The molecule has 0 bridgehead atoms. The molecule has 0 atom stereocenters. The Labute approximate surface area is 122 Å². The van der Waals surface area contributed by atoms with E-state index < -0.39 is 0 Å². The molecule has 20 heavy (non-hydrogen) atoms. The Morgan fingerprint density at radius 2 is 1.80 bits per heavy atom. The highest BCUT2D eigenvalue weighted by Crippen LogP contribution is 2.18. The molecule has 0 radical (unpaired) electrons. The highest BCUT2D eigenvalue weighted by molar-refractivity contribution is 5.76. The molecule has 0 spiro atoms. The Balaban J connectivity index is 1.81. The first kappa shape index (κ1) is 14.9. The molecule has 1 heterocycles. The molecule has 1 saturated heterocycles. The second-order valence-corrected chi connectivity index (χ2v) is 6.12. The van der Waals surface area contributed by atoms with Crippen LogP contribution in [0, 0.1) is 5.92 Å². The average Bonchev–Trinajstić information content (AvgIpc) is 2.46. The predicted octanol–water partition coefficient (Wildman–Crippen LogP) is 2.94. The Hall–Kier alpha value is -1.51. The Morgan fingerprint density at radius 1 is 1.20 bits per heavy atom. The minimum Gasteiger partial charge on any atom is -0.378 e. The molecule has 110 valence electrons. The van der Waals surface area contributed by atoms with Crippen LogP contribution in [0.5, 0.6) is 0 Å². The molecule has 1 amide bonds. The fourth-order valence-electron chi connectivity index (χ4n) is 2.63. The number of hydrogen-bond donors (Lipinski definition) is 0. The van der Waals surface area contributed by atoms with Crippen molar-refractivity contribution in [2.24, 2.45) is 5.92 Å². The zero-order valence-electron chi connectivity index (χ0n) is 12.9. The molecule has 0 aliphatic carbocycles. The molecular formula is C17H26N2O. The van der Waals surface area contributed by atoms with Gasteiger partial charge in [-0.2, -0.15) is 0 Å². The van der Waals surface area contributed by atoms with Crippen LogP contribution in [-0.4, -0.2) is 38.0 Å². The number of rotatable bonds is 4. The Bertz CT molecular complexity index is 431. The maximum atomic E-state index is 12.2. The van der Waals surface area contributed by atoms with Crippen LogP contribution in [0.3, 0.4) is 0 Å². The standard InChI is InChI=1S/C17H26N2O/c1-14-10-12-19(13-11-14)17(20)9-6-15-4-7-16(8-5-15)18(2)3/h4-5,7-8,14H,6,9-13H2,1-3H3. The van der Waals surface area contributed by atoms with Gasteiger partial charge in [0.1, 0.15) is 0 Å². The number of hydrogen-bond acceptors (Lipinski definition) is 2. The number of aryl methyl sites for hydroxylation is 1. The van der Waals surface area contributed by atoms with Crippen LogP contribution >= 0.6 is 0 Å². The van der Waals surface area contributed by atoms with Crippen molar-refractivity contribution in [3.63, 3.8) is 0 Å². The number of carbonyl (C=O) groups excluding carboxylic acids is 1. The number of piperidine rings is 1. The van der Waals surface area contributed by atoms with E-state index in [4.69, 9.17) is 0 Å². The Morgan fingerprint density at radius 3 is 2.35 bits per heavy atom. The first-order valence-corrected chi connectivity index (χ1v) is 7.60. The van der Waals surface area contributed by atoms with Crippen molar-refractivity contribution in [1.82, 2.24) is 4.90 Å². The Kier molecular flexibility index (Phi) is 5.05. The lowest BCUT2D eigenvalue weighted by molar-refractivity contribution is -0.132. The molecule has 3 nitrogen and oxygen atoms in total. The first-order chi connectivity index (χ1) is 9.56. The molecule has 0 aromatic heterocycles. The summed E-state index contributed by atoms with van der Waals surface area (Å²) in [5.74, 6) is 1.09. The largest absolute Gasteiger partial charge is 0.378 e. The van der Waals surface area contributed by atoms with Gasteiger partial charge in [-0.1, -0.05) is 19.1 Å². The van der Waals surface area contributed by atoms with Crippen molar-refractivity contribution in [3.05, 3.63) is 29.8 Å². The van der Waals surface area contributed by atoms with Gasteiger partial charge in [0.15, 0.2) is 0 Å². The van der Waals surface area contributed by atoms with E-state index in [1.165, 1.54) is 11.3 Å². The third-order valence-electron chi connectivity index (χ3n) is 4.22. The summed E-state index contributed by atoms with van der Waals surface area (Å²) >= 11 is 0. The van der Waals surface area contributed by atoms with Crippen molar-refractivity contribution in [2.45, 2.75) is 32.6 Å². The molecule has 1 aromatic carbocycles. The van der Waals surface area contributed by atoms with E-state index in [1.807, 2.05) is 19.0 Å². The fraction of sp³-hybridized carbons (Fsp3) is 0.588. The fourth-order valence-corrected chi connectivity index (χ4v) is 2.63. The van der Waals surface area contributed by atoms with Crippen LogP contribution in [-0.2, 0) is 11.2 Å². The van der Waals surface area contributed by atoms with Gasteiger partial charge < -0.3 is 9.80 Å². The molecular weight excluding hydrogens is 248 g/mol. The van der Waals surface area contributed by atoms with Gasteiger partial charge in [-0.25, -0.2) is 0 Å². The van der Waals surface area contributed by atoms with E-state index in [1.54, 1.807) is 0 Å². The van der Waals surface area contributed by atoms with E-state index in [2.05, 4.69) is 36.1 Å². The zero-order valence-corrected chi connectivity index (χ0v) is 12.9. The van der Waals surface area contributed by atoms with Crippen LogP contribution in [0.4, 0.5) is 5.69 Å². The van der Waals surface area contributed by atoms with Crippen molar-refractivity contribution in [2.75, 3.05) is 32.1 Å². The summed E-state index contributed by atoms with van der Waals surface area (Å²) in [6.45, 7) is 4.16. The third-order valence-corrected chi connectivity index (χ3v) is 4.22. The van der Waals surface area contributed by atoms with Gasteiger partial charge in [0.05, 0.1) is 0 Å². The maximum absolute atomic E-state index is 12.2. The number of amides is 1. The van der Waals surface area contributed by atoms with E-state index in [0.29, 0.717) is 12.3 Å². The monoisotopic (exact) mass is 274 g/mol. The van der Waals surface area contributed by atoms with Gasteiger partial charge in [0, 0.05) is 39.3 Å². The summed E-state index contributed by atoms with van der Waals surface area (Å²) in [5.41, 5.74) is 2.44. The molecule has 0 N–H and O–H groups in total. The molecule has 1 aliphatic heterocycles. The van der Waals surface area contributed by atoms with Crippen molar-refractivity contribution in [1.29, 1.82) is 0 Å². The van der Waals surface area contributed by atoms with E-state index in [-0.39, 0.29) is 0 Å². The van der Waals surface area contributed by atoms with Gasteiger partial charge in [0.25, 0.3) is 0 Å². The lowest BCUT2D eigenvalue weighted by Gasteiger charge is -2.30. The summed E-state index contributed by atoms with van der Waals surface area (Å²) in [7, 11) is 4.08. The lowest BCUT2D eigenvalue weighted by atomic mass is 9.98. The smallest absolute Gasteiger partial charge is 0.222 e. The van der Waals surface area contributed by atoms with Crippen molar-refractivity contribution in [3.8, 4) is 0 Å². The minimum absolute atomic E-state index is 0.314. The van der Waals surface area contributed by atoms with Crippen molar-refractivity contribution >= 4 is 11.6 Å². The lowest BCUT2D eigenvalue weighted by Crippen LogP contribution is -2.37. The SMILES string of the molecule is CC1CCN(C(=O)CCc2ccc(N(C)C)cc2)CC1. The topological polar surface area (TPSA) is 23.6 Å². The highest BCUT2D eigenvalue weighted by Gasteiger charge is 2.19. The second kappa shape index (κ2) is 6.78. The summed E-state index contributed by atoms with van der Waals surface area (Å²) in [6, 6.07) is 8.48. The number of benzene rings is 1. The van der Waals surface area contributed by atoms with Crippen LogP contribution in [0.1, 0.15) is 31.7 Å². The first-order valence-electron chi connectivity index (χ1n) is 7.60. The average molecular weight is 274 g/mol. The van der Waals surface area contributed by atoms with Gasteiger partial charge in [-0.15, -0.1) is 0 Å². The maximum Gasteiger partial charge on any atom is 0.222 e. The van der Waals surface area contributed by atoms with Gasteiger partial charge in [-0.3, -0.25) is 4.79 Å². The van der Waals surface area contributed by atoms with Crippen molar-refractivity contribution < 1.29 is 4.79 Å². The predicted molar refractivity (Wildman–Crippen MR) is 84.1 cm³/mol. The van der Waals surface area contributed by atoms with Crippen LogP contribution < -0.4 is 4.90 Å². The normalized spacial score (nSPS) is 16.2. The van der Waals surface area contributed by atoms with E-state index in [0.717, 1.165) is 38.3 Å². The third kappa shape index (κ3) is 3.99. The number of nitrogens with zero attached hydrogens (tertiary/aromatic N) is 2. The summed E-state index contributed by atoms with van der Waals surface area (Å²) in [4.78, 5) is 16.3. The van der Waals surface area contributed by atoms with Gasteiger partial charge in [-0.05, 0) is 42.9 Å². The number of anilines is 1. The summed E-state index contributed by atoms with van der Waals surface area (Å²) in [5, 5.41) is 0. The number of carbonyl (C=O) groups is 1. The van der Waals surface area contributed by atoms with Gasteiger partial charge >= 0.3 is 0 Å². The number of likely N-dealkylation sites (tertiary alicyclic amines) is 1. The van der Waals surface area contributed by atoms with E-state index >= 15 is 0 Å². The highest BCUT2D eigenvalue weighted by atomic mass is 16.2. The molecule has 3 heteroatoms. The van der Waals surface area contributed by atoms with Crippen LogP contribution in [0.2, 0.25) is 0 Å². The molecule has 2 rings (SSSR count). The molecule has 0 saturated carbocycles. The summed E-state index contributed by atoms with van der Waals surface area (Å²) in [6.07, 6.45) is 3.79. The molecule has 0 unspecified atom stereocenters. The minimum atomic E-state index is 0.314. The van der Waals surface area contributed by atoms with Crippen LogP contribution in [0.25, 0.3) is 0 Å². The quantitative estimate of drug-likeness (QED) is 0.843. The summed E-state index contributed by atoms with van der Waals surface area (Å²) < 4.78 is 0. The molecule has 1 aliphatic rings. The molecule has 1 aromatic rings. The van der Waals surface area contributed by atoms with Crippen LogP contribution in [0.15, 0.2) is 24.3 Å². The van der Waals surface area contributed by atoms with E-state index in [9.17, 15) is 4.79 Å². The zero-order chi connectivity index (χ0) is 14.5. The molecule has 1 fully saturated rings. The van der Waals surface area contributed by atoms with Gasteiger partial charge in [0.2, 0.25) is 5.91 Å². The second-order valence-electron chi connectivity index (χ2n) is 6.12.